The van der Waals surface area contributed by atoms with Crippen molar-refractivity contribution in [2.45, 2.75) is 25.6 Å². The average Bonchev–Trinajstić information content (AvgIpc) is 3.18. The second kappa shape index (κ2) is 8.28. The van der Waals surface area contributed by atoms with Gasteiger partial charge in [-0.05, 0) is 41.5 Å². The van der Waals surface area contributed by atoms with Crippen molar-refractivity contribution >= 4 is 35.0 Å². The minimum absolute atomic E-state index is 0.371. The van der Waals surface area contributed by atoms with Crippen LogP contribution in [0.4, 0.5) is 16.2 Å². The molecule has 0 saturated carbocycles. The Kier molecular flexibility index (Phi) is 5.59. The van der Waals surface area contributed by atoms with Gasteiger partial charge >= 0.3 is 0 Å². The molecular formula is C18H18Cl2FN7. The maximum absolute atomic E-state index is 13.5. The van der Waals surface area contributed by atoms with Crippen molar-refractivity contribution in [3.05, 3.63) is 52.1 Å². The van der Waals surface area contributed by atoms with E-state index in [4.69, 9.17) is 23.2 Å². The molecule has 28 heavy (non-hydrogen) atoms. The van der Waals surface area contributed by atoms with Crippen LogP contribution in [0.3, 0.4) is 0 Å². The number of anilines is 2. The summed E-state index contributed by atoms with van der Waals surface area (Å²) in [6.45, 7) is 1.76. The van der Waals surface area contributed by atoms with Crippen LogP contribution in [0.1, 0.15) is 18.4 Å². The van der Waals surface area contributed by atoms with E-state index in [0.717, 1.165) is 11.4 Å². The first-order chi connectivity index (χ1) is 13.6. The van der Waals surface area contributed by atoms with Crippen LogP contribution < -0.4 is 10.2 Å². The third-order valence-corrected chi connectivity index (χ3v) is 5.47. The molecule has 0 spiro atoms. The molecule has 3 aromatic rings. The summed E-state index contributed by atoms with van der Waals surface area (Å²) >= 11 is 12.4. The maximum Gasteiger partial charge on any atom is 0.248 e. The van der Waals surface area contributed by atoms with Gasteiger partial charge in [0.1, 0.15) is 12.0 Å². The number of rotatable bonds is 5. The number of piperidine rings is 1. The van der Waals surface area contributed by atoms with E-state index in [2.05, 4.69) is 30.7 Å². The lowest BCUT2D eigenvalue weighted by Gasteiger charge is -2.31. The van der Waals surface area contributed by atoms with Crippen LogP contribution in [-0.4, -0.2) is 44.5 Å². The van der Waals surface area contributed by atoms with E-state index in [9.17, 15) is 4.39 Å². The average molecular weight is 422 g/mol. The lowest BCUT2D eigenvalue weighted by molar-refractivity contribution is 0.276. The Labute approximate surface area is 171 Å². The highest BCUT2D eigenvalue weighted by Gasteiger charge is 2.21. The Morgan fingerprint density at radius 3 is 2.79 bits per heavy atom. The van der Waals surface area contributed by atoms with Gasteiger partial charge in [-0.15, -0.1) is 0 Å². The fraction of sp³-hybridized carbons (Fsp3) is 0.333. The molecule has 7 nitrogen and oxygen atoms in total. The van der Waals surface area contributed by atoms with Gasteiger partial charge in [-0.25, -0.2) is 9.37 Å². The molecule has 3 heterocycles. The molecule has 1 aromatic carbocycles. The van der Waals surface area contributed by atoms with E-state index in [-0.39, 0.29) is 0 Å². The monoisotopic (exact) mass is 421 g/mol. The number of nitrogens with zero attached hydrogens (tertiary/aromatic N) is 6. The third-order valence-electron chi connectivity index (χ3n) is 4.66. The largest absolute Gasteiger partial charge is 0.356 e. The third kappa shape index (κ3) is 3.88. The summed E-state index contributed by atoms with van der Waals surface area (Å²) in [6, 6.07) is 9.12. The van der Waals surface area contributed by atoms with Crippen LogP contribution in [0.15, 0.2) is 36.5 Å². The van der Waals surface area contributed by atoms with Gasteiger partial charge in [0.15, 0.2) is 0 Å². The van der Waals surface area contributed by atoms with Crippen molar-refractivity contribution in [1.82, 2.24) is 25.2 Å². The number of hydrogen-bond donors (Lipinski definition) is 1. The fourth-order valence-corrected chi connectivity index (χ4v) is 3.58. The van der Waals surface area contributed by atoms with Crippen LogP contribution in [0.25, 0.3) is 5.69 Å². The number of pyridine rings is 1. The molecule has 10 heteroatoms. The second-order valence-corrected chi connectivity index (χ2v) is 7.27. The van der Waals surface area contributed by atoms with Gasteiger partial charge in [-0.3, -0.25) is 0 Å². The molecule has 0 unspecified atom stereocenters. The van der Waals surface area contributed by atoms with Crippen molar-refractivity contribution in [1.29, 1.82) is 0 Å². The van der Waals surface area contributed by atoms with Crippen molar-refractivity contribution in [3.8, 4) is 5.69 Å². The van der Waals surface area contributed by atoms with Crippen LogP contribution in [0.2, 0.25) is 10.0 Å². The second-order valence-electron chi connectivity index (χ2n) is 6.49. The van der Waals surface area contributed by atoms with Gasteiger partial charge in [0, 0.05) is 31.4 Å². The summed E-state index contributed by atoms with van der Waals surface area (Å²) < 4.78 is 15.0. The fourth-order valence-electron chi connectivity index (χ4n) is 3.20. The molecule has 146 valence electrons. The summed E-state index contributed by atoms with van der Waals surface area (Å²) in [5, 5.41) is 15.8. The standard InChI is InChI=1S/C18H18Cl2FN7/c19-14-4-1-5-15(16(14)20)28-18(24-25-26-28)23-11-12-3-2-8-22-17(12)27-9-6-13(21)7-10-27/h1-5,8,13H,6-7,9-11H2,(H,23,24,26). The lowest BCUT2D eigenvalue weighted by Crippen LogP contribution is -2.35. The summed E-state index contributed by atoms with van der Waals surface area (Å²) in [5.41, 5.74) is 1.56. The predicted molar refractivity (Wildman–Crippen MR) is 107 cm³/mol. The number of nitrogens with one attached hydrogen (secondary N) is 1. The van der Waals surface area contributed by atoms with E-state index in [1.54, 1.807) is 24.4 Å². The zero-order valence-corrected chi connectivity index (χ0v) is 16.4. The van der Waals surface area contributed by atoms with Gasteiger partial charge in [0.25, 0.3) is 0 Å². The predicted octanol–water partition coefficient (Wildman–Crippen LogP) is 3.91. The number of halogens is 3. The lowest BCUT2D eigenvalue weighted by atomic mass is 10.1. The summed E-state index contributed by atoms with van der Waals surface area (Å²) in [7, 11) is 0. The van der Waals surface area contributed by atoms with Gasteiger partial charge in [-0.2, -0.15) is 4.68 Å². The molecule has 4 rings (SSSR count). The SMILES string of the molecule is FC1CCN(c2ncccc2CNc2nnnn2-c2cccc(Cl)c2Cl)CC1. The highest BCUT2D eigenvalue weighted by Crippen LogP contribution is 2.29. The molecule has 1 aliphatic heterocycles. The number of hydrogen-bond acceptors (Lipinski definition) is 6. The van der Waals surface area contributed by atoms with Crippen LogP contribution in [0, 0.1) is 0 Å². The zero-order valence-electron chi connectivity index (χ0n) is 14.9. The van der Waals surface area contributed by atoms with E-state index in [0.29, 0.717) is 54.2 Å². The Balaban J connectivity index is 1.54. The summed E-state index contributed by atoms with van der Waals surface area (Å²) in [4.78, 5) is 6.62. The maximum atomic E-state index is 13.5. The minimum atomic E-state index is -0.728. The number of aromatic nitrogens is 5. The van der Waals surface area contributed by atoms with Crippen molar-refractivity contribution in [3.63, 3.8) is 0 Å². The molecule has 1 fully saturated rings. The molecule has 0 atom stereocenters. The van der Waals surface area contributed by atoms with Gasteiger partial charge in [-0.1, -0.05) is 40.4 Å². The normalized spacial score (nSPS) is 15.0. The smallest absolute Gasteiger partial charge is 0.248 e. The highest BCUT2D eigenvalue weighted by atomic mass is 35.5. The van der Waals surface area contributed by atoms with Gasteiger partial charge in [0.2, 0.25) is 5.95 Å². The van der Waals surface area contributed by atoms with Gasteiger partial charge < -0.3 is 10.2 Å². The van der Waals surface area contributed by atoms with Crippen LogP contribution in [0.5, 0.6) is 0 Å². The van der Waals surface area contributed by atoms with E-state index >= 15 is 0 Å². The molecule has 1 saturated heterocycles. The number of tetrazole rings is 1. The first kappa shape index (κ1) is 18.9. The number of benzene rings is 1. The zero-order chi connectivity index (χ0) is 19.5. The Hall–Kier alpha value is -2.45. The van der Waals surface area contributed by atoms with Crippen molar-refractivity contribution in [2.24, 2.45) is 0 Å². The first-order valence-electron chi connectivity index (χ1n) is 8.93. The van der Waals surface area contributed by atoms with Gasteiger partial charge in [0.05, 0.1) is 15.7 Å². The van der Waals surface area contributed by atoms with Crippen LogP contribution >= 0.6 is 23.2 Å². The molecule has 0 amide bonds. The first-order valence-corrected chi connectivity index (χ1v) is 9.68. The molecule has 0 aliphatic carbocycles. The quantitative estimate of drug-likeness (QED) is 0.672. The summed E-state index contributed by atoms with van der Waals surface area (Å²) in [6.07, 6.45) is 2.06. The van der Waals surface area contributed by atoms with Crippen molar-refractivity contribution in [2.75, 3.05) is 23.3 Å². The topological polar surface area (TPSA) is 71.8 Å². The van der Waals surface area contributed by atoms with E-state index in [1.807, 2.05) is 12.1 Å². The Morgan fingerprint density at radius 1 is 1.14 bits per heavy atom. The van der Waals surface area contributed by atoms with Crippen LogP contribution in [-0.2, 0) is 6.54 Å². The molecular weight excluding hydrogens is 404 g/mol. The molecule has 1 aliphatic rings. The molecule has 2 aromatic heterocycles. The molecule has 0 radical (unpaired) electrons. The molecule has 0 bridgehead atoms. The van der Waals surface area contributed by atoms with E-state index in [1.165, 1.54) is 4.68 Å². The molecule has 1 N–H and O–H groups in total. The minimum Gasteiger partial charge on any atom is -0.356 e. The van der Waals surface area contributed by atoms with Crippen molar-refractivity contribution < 1.29 is 4.39 Å². The highest BCUT2D eigenvalue weighted by molar-refractivity contribution is 6.43. The van der Waals surface area contributed by atoms with E-state index < -0.39 is 6.17 Å². The Bertz CT molecular complexity index is 957. The summed E-state index contributed by atoms with van der Waals surface area (Å²) in [5.74, 6) is 1.28. The number of alkyl halides is 1. The Morgan fingerprint density at radius 2 is 1.96 bits per heavy atom.